The standard InChI is InChI=1S/C15H17NO7/c1-7-10(15(17)20-4)16-23-11(7)8-5-9(18-2)13-14(12(8)19-3)22-6-21-13/h5,7,11H,6H2,1-4H3/t7-,11+/m0/s1. The molecule has 0 N–H and O–H groups in total. The summed E-state index contributed by atoms with van der Waals surface area (Å²) in [7, 11) is 4.35. The smallest absolute Gasteiger partial charge is 0.356 e. The number of hydrogen-bond donors (Lipinski definition) is 0. The highest BCUT2D eigenvalue weighted by molar-refractivity contribution is 6.37. The highest BCUT2D eigenvalue weighted by atomic mass is 16.7. The number of ether oxygens (including phenoxy) is 5. The second-order valence-electron chi connectivity index (χ2n) is 5.05. The molecule has 23 heavy (non-hydrogen) atoms. The summed E-state index contributed by atoms with van der Waals surface area (Å²) in [5, 5.41) is 3.84. The summed E-state index contributed by atoms with van der Waals surface area (Å²) in [5.41, 5.74) is 0.875. The third-order valence-electron chi connectivity index (χ3n) is 3.87. The second kappa shape index (κ2) is 5.86. The molecular weight excluding hydrogens is 306 g/mol. The number of esters is 1. The fourth-order valence-corrected chi connectivity index (χ4v) is 2.69. The summed E-state index contributed by atoms with van der Waals surface area (Å²) in [6, 6.07) is 1.74. The van der Waals surface area contributed by atoms with Crippen molar-refractivity contribution in [2.75, 3.05) is 28.1 Å². The molecule has 0 saturated heterocycles. The lowest BCUT2D eigenvalue weighted by Crippen LogP contribution is -2.23. The first-order chi connectivity index (χ1) is 11.1. The molecule has 0 aromatic heterocycles. The molecule has 0 unspecified atom stereocenters. The van der Waals surface area contributed by atoms with Crippen molar-refractivity contribution < 1.29 is 33.3 Å². The van der Waals surface area contributed by atoms with Gasteiger partial charge < -0.3 is 28.5 Å². The van der Waals surface area contributed by atoms with Gasteiger partial charge in [-0.05, 0) is 6.07 Å². The monoisotopic (exact) mass is 323 g/mol. The summed E-state index contributed by atoms with van der Waals surface area (Å²) in [6.07, 6.45) is -0.526. The van der Waals surface area contributed by atoms with Crippen molar-refractivity contribution in [2.24, 2.45) is 11.1 Å². The minimum Gasteiger partial charge on any atom is -0.493 e. The number of benzene rings is 1. The molecule has 3 rings (SSSR count). The highest BCUT2D eigenvalue weighted by Gasteiger charge is 2.40. The van der Waals surface area contributed by atoms with Crippen LogP contribution in [0.25, 0.3) is 0 Å². The van der Waals surface area contributed by atoms with Crippen molar-refractivity contribution >= 4 is 11.7 Å². The van der Waals surface area contributed by atoms with Gasteiger partial charge in [0.15, 0.2) is 23.3 Å². The first-order valence-corrected chi connectivity index (χ1v) is 6.98. The average Bonchev–Trinajstić information content (AvgIpc) is 3.19. The highest BCUT2D eigenvalue weighted by Crippen LogP contribution is 2.53. The van der Waals surface area contributed by atoms with Crippen LogP contribution in [0.5, 0.6) is 23.0 Å². The summed E-state index contributed by atoms with van der Waals surface area (Å²) >= 11 is 0. The third-order valence-corrected chi connectivity index (χ3v) is 3.87. The molecule has 0 amide bonds. The number of fused-ring (bicyclic) bond motifs is 1. The minimum absolute atomic E-state index is 0.0799. The van der Waals surface area contributed by atoms with Crippen LogP contribution in [-0.2, 0) is 14.4 Å². The van der Waals surface area contributed by atoms with Crippen molar-refractivity contribution in [1.82, 2.24) is 0 Å². The summed E-state index contributed by atoms with van der Waals surface area (Å²) in [4.78, 5) is 17.2. The van der Waals surface area contributed by atoms with Gasteiger partial charge >= 0.3 is 5.97 Å². The predicted molar refractivity (Wildman–Crippen MR) is 78.1 cm³/mol. The van der Waals surface area contributed by atoms with Crippen molar-refractivity contribution in [3.63, 3.8) is 0 Å². The molecule has 1 aromatic carbocycles. The molecule has 0 spiro atoms. The zero-order valence-electron chi connectivity index (χ0n) is 13.2. The SMILES string of the molecule is COC(=O)C1=NO[C@@H](c2cc(OC)c3c(c2OC)OCO3)[C@H]1C. The van der Waals surface area contributed by atoms with Crippen LogP contribution in [0.2, 0.25) is 0 Å². The number of methoxy groups -OCH3 is 3. The Morgan fingerprint density at radius 2 is 1.96 bits per heavy atom. The summed E-state index contributed by atoms with van der Waals surface area (Å²) < 4.78 is 26.4. The van der Waals surface area contributed by atoms with Gasteiger partial charge in [0.25, 0.3) is 0 Å². The van der Waals surface area contributed by atoms with Crippen LogP contribution < -0.4 is 18.9 Å². The van der Waals surface area contributed by atoms with E-state index < -0.39 is 12.1 Å². The number of rotatable bonds is 4. The molecule has 0 aliphatic carbocycles. The Morgan fingerprint density at radius 3 is 2.61 bits per heavy atom. The molecule has 0 radical (unpaired) electrons. The van der Waals surface area contributed by atoms with Crippen molar-refractivity contribution in [3.05, 3.63) is 11.6 Å². The summed E-state index contributed by atoms with van der Waals surface area (Å²) in [6.45, 7) is 1.90. The molecule has 2 atom stereocenters. The first kappa shape index (κ1) is 15.3. The van der Waals surface area contributed by atoms with Gasteiger partial charge in [-0.1, -0.05) is 12.1 Å². The lowest BCUT2D eigenvalue weighted by atomic mass is 9.92. The maximum atomic E-state index is 11.7. The van der Waals surface area contributed by atoms with E-state index >= 15 is 0 Å². The Morgan fingerprint density at radius 1 is 1.22 bits per heavy atom. The van der Waals surface area contributed by atoms with Crippen LogP contribution in [0.4, 0.5) is 0 Å². The predicted octanol–water partition coefficient (Wildman–Crippen LogP) is 1.67. The molecule has 2 heterocycles. The Bertz CT molecular complexity index is 670. The maximum absolute atomic E-state index is 11.7. The van der Waals surface area contributed by atoms with Crippen molar-refractivity contribution in [1.29, 1.82) is 0 Å². The number of carbonyl (C=O) groups is 1. The Balaban J connectivity index is 2.03. The lowest BCUT2D eigenvalue weighted by Gasteiger charge is -2.19. The van der Waals surface area contributed by atoms with Gasteiger partial charge in [0.1, 0.15) is 0 Å². The lowest BCUT2D eigenvalue weighted by molar-refractivity contribution is -0.133. The quantitative estimate of drug-likeness (QED) is 0.779. The molecule has 2 aliphatic rings. The van der Waals surface area contributed by atoms with Crippen LogP contribution in [0.1, 0.15) is 18.6 Å². The van der Waals surface area contributed by atoms with Gasteiger partial charge in [-0.15, -0.1) is 0 Å². The van der Waals surface area contributed by atoms with Gasteiger partial charge in [-0.3, -0.25) is 0 Å². The van der Waals surface area contributed by atoms with E-state index in [-0.39, 0.29) is 18.4 Å². The van der Waals surface area contributed by atoms with Gasteiger partial charge in [0.2, 0.25) is 18.3 Å². The topological polar surface area (TPSA) is 84.8 Å². The molecule has 0 fully saturated rings. The van der Waals surface area contributed by atoms with E-state index in [1.807, 2.05) is 6.92 Å². The fraction of sp³-hybridized carbons (Fsp3) is 0.467. The molecule has 124 valence electrons. The molecule has 0 bridgehead atoms. The van der Waals surface area contributed by atoms with E-state index in [4.69, 9.17) is 28.5 Å². The Hall–Kier alpha value is -2.64. The Kier molecular flexibility index (Phi) is 3.89. The normalized spacial score (nSPS) is 21.5. The number of oxime groups is 1. The van der Waals surface area contributed by atoms with E-state index in [1.54, 1.807) is 6.07 Å². The minimum atomic E-state index is -0.526. The molecular formula is C15H17NO7. The molecule has 0 saturated carbocycles. The van der Waals surface area contributed by atoms with E-state index in [0.29, 0.717) is 28.6 Å². The number of nitrogens with zero attached hydrogens (tertiary/aromatic N) is 1. The van der Waals surface area contributed by atoms with Crippen molar-refractivity contribution in [3.8, 4) is 23.0 Å². The van der Waals surface area contributed by atoms with Gasteiger partial charge in [-0.2, -0.15) is 0 Å². The van der Waals surface area contributed by atoms with Gasteiger partial charge in [-0.25, -0.2) is 4.79 Å². The Labute approximate surface area is 132 Å². The zero-order valence-corrected chi connectivity index (χ0v) is 13.2. The van der Waals surface area contributed by atoms with Crippen LogP contribution in [0.15, 0.2) is 11.2 Å². The zero-order chi connectivity index (χ0) is 16.6. The fourth-order valence-electron chi connectivity index (χ4n) is 2.69. The maximum Gasteiger partial charge on any atom is 0.356 e. The molecule has 8 nitrogen and oxygen atoms in total. The first-order valence-electron chi connectivity index (χ1n) is 6.98. The number of hydrogen-bond acceptors (Lipinski definition) is 8. The number of carbonyl (C=O) groups excluding carboxylic acids is 1. The van der Waals surface area contributed by atoms with Gasteiger partial charge in [0, 0.05) is 5.56 Å². The van der Waals surface area contributed by atoms with E-state index in [9.17, 15) is 4.79 Å². The van der Waals surface area contributed by atoms with E-state index in [1.165, 1.54) is 21.3 Å². The van der Waals surface area contributed by atoms with E-state index in [2.05, 4.69) is 5.16 Å². The molecule has 2 aliphatic heterocycles. The van der Waals surface area contributed by atoms with Crippen LogP contribution in [0.3, 0.4) is 0 Å². The molecule has 1 aromatic rings. The second-order valence-corrected chi connectivity index (χ2v) is 5.05. The van der Waals surface area contributed by atoms with E-state index in [0.717, 1.165) is 0 Å². The van der Waals surface area contributed by atoms with Gasteiger partial charge in [0.05, 0.1) is 27.2 Å². The third kappa shape index (κ3) is 2.30. The molecule has 8 heteroatoms. The van der Waals surface area contributed by atoms with Crippen LogP contribution in [0, 0.1) is 5.92 Å². The average molecular weight is 323 g/mol. The van der Waals surface area contributed by atoms with Crippen LogP contribution in [-0.4, -0.2) is 39.8 Å². The summed E-state index contributed by atoms with van der Waals surface area (Å²) in [5.74, 6) is 1.05. The van der Waals surface area contributed by atoms with Crippen LogP contribution >= 0.6 is 0 Å². The largest absolute Gasteiger partial charge is 0.493 e. The van der Waals surface area contributed by atoms with Crippen molar-refractivity contribution in [2.45, 2.75) is 13.0 Å².